The highest BCUT2D eigenvalue weighted by molar-refractivity contribution is 6.32. The van der Waals surface area contributed by atoms with Gasteiger partial charge in [0.15, 0.2) is 0 Å². The molecule has 7 heteroatoms. The summed E-state index contributed by atoms with van der Waals surface area (Å²) in [6.45, 7) is 7.65. The minimum atomic E-state index is -0.515. The molecular weight excluding hydrogens is 402 g/mol. The number of allylic oxidation sites excluding steroid dienone is 3. The third-order valence-electron chi connectivity index (χ3n) is 6.17. The molecule has 1 aliphatic heterocycles. The Morgan fingerprint density at radius 1 is 1.30 bits per heavy atom. The average molecular weight is 436 g/mol. The molecule has 0 bridgehead atoms. The number of rotatable bonds is 3. The summed E-state index contributed by atoms with van der Waals surface area (Å²) in [7, 11) is 0. The molecule has 166 valence electrons. The fourth-order valence-electron chi connectivity index (χ4n) is 4.35. The molecule has 30 heavy (non-hydrogen) atoms. The van der Waals surface area contributed by atoms with Crippen molar-refractivity contribution in [2.24, 2.45) is 17.1 Å². The van der Waals surface area contributed by atoms with Gasteiger partial charge in [-0.3, -0.25) is 10.1 Å². The average Bonchev–Trinajstić information content (AvgIpc) is 2.86. The summed E-state index contributed by atoms with van der Waals surface area (Å²) in [6.07, 6.45) is 10.4. The van der Waals surface area contributed by atoms with Crippen LogP contribution in [0, 0.1) is 11.3 Å². The number of halogens is 1. The fraction of sp³-hybridized carbons (Fsp3) is 0.652. The van der Waals surface area contributed by atoms with Crippen LogP contribution in [0.1, 0.15) is 59.3 Å². The number of alkyl carbamates (subject to hydrolysis) is 1. The summed E-state index contributed by atoms with van der Waals surface area (Å²) in [6, 6.07) is 0. The number of carbonyl (C=O) groups is 2. The van der Waals surface area contributed by atoms with Crippen LogP contribution >= 0.6 is 11.6 Å². The van der Waals surface area contributed by atoms with E-state index in [1.54, 1.807) is 18.2 Å². The third kappa shape index (κ3) is 5.67. The van der Waals surface area contributed by atoms with Crippen LogP contribution < -0.4 is 11.1 Å². The predicted molar refractivity (Wildman–Crippen MR) is 119 cm³/mol. The van der Waals surface area contributed by atoms with Gasteiger partial charge in [-0.1, -0.05) is 51.3 Å². The van der Waals surface area contributed by atoms with Crippen molar-refractivity contribution in [3.8, 4) is 0 Å². The molecule has 0 aromatic heterocycles. The van der Waals surface area contributed by atoms with E-state index in [1.165, 1.54) is 12.8 Å². The zero-order valence-corrected chi connectivity index (χ0v) is 19.1. The SMILES string of the molecule is CC(C)(C)COC(=O)NC1=CCC(Cl)=C(C(=O)N2CCC3(N)CCCCC3C2)C=C1. The number of hydrogen-bond donors (Lipinski definition) is 2. The summed E-state index contributed by atoms with van der Waals surface area (Å²) < 4.78 is 5.25. The lowest BCUT2D eigenvalue weighted by atomic mass is 9.69. The van der Waals surface area contributed by atoms with Gasteiger partial charge in [0, 0.05) is 35.8 Å². The predicted octanol–water partition coefficient (Wildman–Crippen LogP) is 4.22. The molecule has 2 aliphatic carbocycles. The van der Waals surface area contributed by atoms with E-state index in [0.717, 1.165) is 19.3 Å². The Balaban J connectivity index is 1.61. The Hall–Kier alpha value is -1.79. The molecule has 3 N–H and O–H groups in total. The number of amides is 2. The van der Waals surface area contributed by atoms with Crippen molar-refractivity contribution in [2.75, 3.05) is 19.7 Å². The highest BCUT2D eigenvalue weighted by Gasteiger charge is 2.42. The maximum atomic E-state index is 13.2. The summed E-state index contributed by atoms with van der Waals surface area (Å²) in [4.78, 5) is 27.1. The zero-order valence-electron chi connectivity index (χ0n) is 18.3. The van der Waals surface area contributed by atoms with E-state index in [2.05, 4.69) is 5.32 Å². The van der Waals surface area contributed by atoms with Crippen LogP contribution in [-0.2, 0) is 9.53 Å². The van der Waals surface area contributed by atoms with Gasteiger partial charge in [-0.25, -0.2) is 4.79 Å². The van der Waals surface area contributed by atoms with Crippen LogP contribution in [0.25, 0.3) is 0 Å². The number of nitrogens with two attached hydrogens (primary N) is 1. The first-order valence-corrected chi connectivity index (χ1v) is 11.2. The summed E-state index contributed by atoms with van der Waals surface area (Å²) in [5.74, 6) is 0.292. The van der Waals surface area contributed by atoms with E-state index in [9.17, 15) is 9.59 Å². The van der Waals surface area contributed by atoms with Gasteiger partial charge in [0.2, 0.25) is 0 Å². The monoisotopic (exact) mass is 435 g/mol. The van der Waals surface area contributed by atoms with Gasteiger partial charge in [-0.2, -0.15) is 0 Å². The Morgan fingerprint density at radius 2 is 2.07 bits per heavy atom. The Kier molecular flexibility index (Phi) is 6.98. The van der Waals surface area contributed by atoms with E-state index in [4.69, 9.17) is 22.1 Å². The second kappa shape index (κ2) is 9.15. The minimum absolute atomic E-state index is 0.0613. The third-order valence-corrected chi connectivity index (χ3v) is 6.53. The minimum Gasteiger partial charge on any atom is -0.449 e. The normalized spacial score (nSPS) is 27.2. The van der Waals surface area contributed by atoms with Gasteiger partial charge < -0.3 is 15.4 Å². The Morgan fingerprint density at radius 3 is 2.80 bits per heavy atom. The summed E-state index contributed by atoms with van der Waals surface area (Å²) in [5.41, 5.74) is 7.44. The standard InChI is InChI=1S/C23H34ClN3O3/c1-22(2,3)15-30-21(29)26-17-7-9-18(19(24)10-8-17)20(28)27-13-12-23(25)11-5-4-6-16(23)14-27/h7-9,16H,4-6,10-15,25H2,1-3H3,(H,26,29). The van der Waals surface area contributed by atoms with Crippen LogP contribution in [0.2, 0.25) is 0 Å². The van der Waals surface area contributed by atoms with E-state index in [-0.39, 0.29) is 16.9 Å². The molecule has 2 atom stereocenters. The molecule has 6 nitrogen and oxygen atoms in total. The largest absolute Gasteiger partial charge is 0.449 e. The fourth-order valence-corrected chi connectivity index (χ4v) is 4.57. The van der Waals surface area contributed by atoms with Crippen LogP contribution in [0.15, 0.2) is 34.5 Å². The second-order valence-corrected chi connectivity index (χ2v) is 10.4. The smallest absolute Gasteiger partial charge is 0.411 e. The molecule has 2 unspecified atom stereocenters. The number of hydrogen-bond acceptors (Lipinski definition) is 4. The van der Waals surface area contributed by atoms with Crippen molar-refractivity contribution in [1.82, 2.24) is 10.2 Å². The summed E-state index contributed by atoms with van der Waals surface area (Å²) >= 11 is 6.46. The van der Waals surface area contributed by atoms with Gasteiger partial charge in [-0.05, 0) is 42.7 Å². The van der Waals surface area contributed by atoms with Gasteiger partial charge >= 0.3 is 6.09 Å². The maximum absolute atomic E-state index is 13.2. The highest BCUT2D eigenvalue weighted by atomic mass is 35.5. The van der Waals surface area contributed by atoms with Crippen molar-refractivity contribution in [3.63, 3.8) is 0 Å². The van der Waals surface area contributed by atoms with Crippen LogP contribution in [-0.4, -0.2) is 42.1 Å². The van der Waals surface area contributed by atoms with Crippen LogP contribution in [0.3, 0.4) is 0 Å². The van der Waals surface area contributed by atoms with Crippen molar-refractivity contribution < 1.29 is 14.3 Å². The number of likely N-dealkylation sites (tertiary alicyclic amines) is 1. The van der Waals surface area contributed by atoms with Gasteiger partial charge in [-0.15, -0.1) is 0 Å². The topological polar surface area (TPSA) is 84.7 Å². The number of carbonyl (C=O) groups excluding carboxylic acids is 2. The van der Waals surface area contributed by atoms with Crippen LogP contribution in [0.4, 0.5) is 4.79 Å². The van der Waals surface area contributed by atoms with Crippen molar-refractivity contribution in [2.45, 2.75) is 64.8 Å². The first kappa shape index (κ1) is 22.9. The van der Waals surface area contributed by atoms with Gasteiger partial charge in [0.1, 0.15) is 0 Å². The van der Waals surface area contributed by atoms with Crippen molar-refractivity contribution in [3.05, 3.63) is 34.5 Å². The number of ether oxygens (including phenoxy) is 1. The molecule has 0 spiro atoms. The molecule has 1 saturated carbocycles. The van der Waals surface area contributed by atoms with Crippen molar-refractivity contribution >= 4 is 23.6 Å². The zero-order chi connectivity index (χ0) is 21.9. The van der Waals surface area contributed by atoms with Gasteiger partial charge in [0.05, 0.1) is 12.2 Å². The van der Waals surface area contributed by atoms with E-state index in [0.29, 0.717) is 48.3 Å². The van der Waals surface area contributed by atoms with Gasteiger partial charge in [0.25, 0.3) is 5.91 Å². The lowest BCUT2D eigenvalue weighted by Gasteiger charge is -2.48. The molecule has 2 fully saturated rings. The number of fused-ring (bicyclic) bond motifs is 1. The molecular formula is C23H34ClN3O3. The highest BCUT2D eigenvalue weighted by Crippen LogP contribution is 2.38. The Labute approximate surface area is 184 Å². The molecule has 2 amide bonds. The van der Waals surface area contributed by atoms with E-state index < -0.39 is 6.09 Å². The molecule has 1 saturated heterocycles. The first-order chi connectivity index (χ1) is 14.1. The second-order valence-electron chi connectivity index (χ2n) is 9.95. The van der Waals surface area contributed by atoms with E-state index >= 15 is 0 Å². The molecule has 0 radical (unpaired) electrons. The first-order valence-electron chi connectivity index (χ1n) is 10.9. The maximum Gasteiger partial charge on any atom is 0.411 e. The lowest BCUT2D eigenvalue weighted by Crippen LogP contribution is -2.59. The quantitative estimate of drug-likeness (QED) is 0.695. The summed E-state index contributed by atoms with van der Waals surface area (Å²) in [5, 5.41) is 3.20. The van der Waals surface area contributed by atoms with Crippen LogP contribution in [0.5, 0.6) is 0 Å². The number of nitrogens with zero attached hydrogens (tertiary/aromatic N) is 1. The number of nitrogens with one attached hydrogen (secondary N) is 1. The molecule has 3 rings (SSSR count). The Bertz CT molecular complexity index is 781. The molecule has 3 aliphatic rings. The molecule has 0 aromatic carbocycles. The molecule has 1 heterocycles. The van der Waals surface area contributed by atoms with Crippen molar-refractivity contribution in [1.29, 1.82) is 0 Å². The van der Waals surface area contributed by atoms with E-state index in [1.807, 2.05) is 25.7 Å². The lowest BCUT2D eigenvalue weighted by molar-refractivity contribution is -0.130. The molecule has 0 aromatic rings. The number of piperidine rings is 1.